The smallest absolute Gasteiger partial charge is 0.335 e. The fourth-order valence-electron chi connectivity index (χ4n) is 0.0668. The molecule has 0 saturated heterocycles. The molecule has 5 heteroatoms. The Balaban J connectivity index is 4.32. The first-order valence-corrected chi connectivity index (χ1v) is 2.86. The first-order valence-electron chi connectivity index (χ1n) is 2.06. The van der Waals surface area contributed by atoms with Crippen LogP contribution in [0.15, 0.2) is 0 Å². The summed E-state index contributed by atoms with van der Waals surface area (Å²) in [4.78, 5) is 6.16. The van der Waals surface area contributed by atoms with Crippen molar-refractivity contribution in [1.29, 1.82) is 0 Å². The van der Waals surface area contributed by atoms with E-state index in [0.29, 0.717) is 0 Å². The average molecular weight is 203 g/mol. The topological polar surface area (TPSA) is 37.3 Å². The van der Waals surface area contributed by atoms with Gasteiger partial charge in [-0.05, 0) is 22.9 Å². The Morgan fingerprint density at radius 2 is 2.00 bits per heavy atom. The van der Waals surface area contributed by atoms with E-state index in [2.05, 4.69) is 0 Å². The lowest BCUT2D eigenvalue weighted by Crippen LogP contribution is -2.42. The molecular formula is C4H5BrF2O2. The SMILES string of the molecule is CC(O)(C=O)C(F)(F)Br. The molecule has 54 valence electrons. The zero-order chi connectivity index (χ0) is 7.71. The van der Waals surface area contributed by atoms with Crippen molar-refractivity contribution in [3.63, 3.8) is 0 Å². The van der Waals surface area contributed by atoms with Crippen LogP contribution in [-0.2, 0) is 4.79 Å². The summed E-state index contributed by atoms with van der Waals surface area (Å²) < 4.78 is 23.9. The molecule has 0 saturated carbocycles. The van der Waals surface area contributed by atoms with E-state index in [0.717, 1.165) is 6.92 Å². The second-order valence-electron chi connectivity index (χ2n) is 1.76. The molecule has 0 aliphatic rings. The Hall–Kier alpha value is -0.0300. The fraction of sp³-hybridized carbons (Fsp3) is 0.750. The lowest BCUT2D eigenvalue weighted by Gasteiger charge is -2.20. The Kier molecular flexibility index (Phi) is 2.29. The van der Waals surface area contributed by atoms with Gasteiger partial charge in [0.1, 0.15) is 0 Å². The van der Waals surface area contributed by atoms with E-state index < -0.39 is 10.4 Å². The van der Waals surface area contributed by atoms with Crippen LogP contribution in [0.3, 0.4) is 0 Å². The van der Waals surface area contributed by atoms with Gasteiger partial charge in [-0.2, -0.15) is 8.78 Å². The molecule has 0 aliphatic carbocycles. The second kappa shape index (κ2) is 2.30. The van der Waals surface area contributed by atoms with E-state index in [1.165, 1.54) is 0 Å². The Morgan fingerprint density at radius 1 is 1.67 bits per heavy atom. The third-order valence-electron chi connectivity index (χ3n) is 0.803. The number of halogens is 3. The van der Waals surface area contributed by atoms with Gasteiger partial charge in [-0.1, -0.05) is 0 Å². The molecule has 0 heterocycles. The van der Waals surface area contributed by atoms with Crippen LogP contribution in [0.5, 0.6) is 0 Å². The standard InChI is InChI=1S/C4H5BrF2O2/c1-3(9,2-8)4(5,6)7/h2,9H,1H3. The molecule has 1 atom stereocenters. The van der Waals surface area contributed by atoms with Crippen molar-refractivity contribution in [2.45, 2.75) is 17.4 Å². The summed E-state index contributed by atoms with van der Waals surface area (Å²) in [7, 11) is 0. The van der Waals surface area contributed by atoms with Crippen molar-refractivity contribution in [2.75, 3.05) is 0 Å². The van der Waals surface area contributed by atoms with Gasteiger partial charge in [0.25, 0.3) is 0 Å². The van der Waals surface area contributed by atoms with E-state index in [1.54, 1.807) is 0 Å². The van der Waals surface area contributed by atoms with Crippen LogP contribution in [0.2, 0.25) is 0 Å². The molecule has 0 amide bonds. The summed E-state index contributed by atoms with van der Waals surface area (Å²) in [6.07, 6.45) is -0.220. The molecule has 0 aromatic carbocycles. The van der Waals surface area contributed by atoms with Crippen molar-refractivity contribution in [3.8, 4) is 0 Å². The highest BCUT2D eigenvalue weighted by molar-refractivity contribution is 9.10. The number of alkyl halides is 3. The van der Waals surface area contributed by atoms with Crippen LogP contribution in [0.25, 0.3) is 0 Å². The number of hydrogen-bond acceptors (Lipinski definition) is 2. The van der Waals surface area contributed by atoms with Crippen molar-refractivity contribution in [2.24, 2.45) is 0 Å². The van der Waals surface area contributed by atoms with Crippen molar-refractivity contribution >= 4 is 22.2 Å². The molecule has 0 spiro atoms. The highest BCUT2D eigenvalue weighted by Crippen LogP contribution is 2.32. The van der Waals surface area contributed by atoms with E-state index in [-0.39, 0.29) is 6.29 Å². The number of carbonyl (C=O) groups excluding carboxylic acids is 1. The Labute approximate surface area is 59.0 Å². The monoisotopic (exact) mass is 202 g/mol. The molecule has 9 heavy (non-hydrogen) atoms. The predicted molar refractivity (Wildman–Crippen MR) is 30.6 cm³/mol. The van der Waals surface area contributed by atoms with Gasteiger partial charge in [-0.15, -0.1) is 0 Å². The quantitative estimate of drug-likeness (QED) is 0.535. The Bertz CT molecular complexity index is 118. The predicted octanol–water partition coefficient (Wildman–Crippen LogP) is 0.924. The highest BCUT2D eigenvalue weighted by Gasteiger charge is 2.46. The zero-order valence-electron chi connectivity index (χ0n) is 4.57. The second-order valence-corrected chi connectivity index (χ2v) is 2.76. The number of hydrogen-bond donors (Lipinski definition) is 1. The van der Waals surface area contributed by atoms with Crippen LogP contribution < -0.4 is 0 Å². The molecule has 1 N–H and O–H groups in total. The maximum atomic E-state index is 11.9. The zero-order valence-corrected chi connectivity index (χ0v) is 6.15. The maximum absolute atomic E-state index is 11.9. The van der Waals surface area contributed by atoms with Crippen LogP contribution in [0, 0.1) is 0 Å². The summed E-state index contributed by atoms with van der Waals surface area (Å²) in [5, 5.41) is 8.49. The normalized spacial score (nSPS) is 18.8. The van der Waals surface area contributed by atoms with Crippen LogP contribution in [0.1, 0.15) is 6.92 Å². The number of rotatable bonds is 2. The largest absolute Gasteiger partial charge is 0.376 e. The molecule has 0 fully saturated rings. The van der Waals surface area contributed by atoms with Gasteiger partial charge in [0, 0.05) is 0 Å². The minimum atomic E-state index is -3.55. The third kappa shape index (κ3) is 1.98. The van der Waals surface area contributed by atoms with Gasteiger partial charge in [0.15, 0.2) is 11.9 Å². The summed E-state index contributed by atoms with van der Waals surface area (Å²) >= 11 is 1.85. The molecule has 0 aromatic heterocycles. The van der Waals surface area contributed by atoms with Crippen LogP contribution in [0.4, 0.5) is 8.78 Å². The molecule has 0 bridgehead atoms. The summed E-state index contributed by atoms with van der Waals surface area (Å²) in [5.41, 5.74) is -2.62. The molecule has 0 rings (SSSR count). The first kappa shape index (κ1) is 8.97. The van der Waals surface area contributed by atoms with Crippen molar-refractivity contribution in [1.82, 2.24) is 0 Å². The lowest BCUT2D eigenvalue weighted by atomic mass is 10.1. The summed E-state index contributed by atoms with van der Waals surface area (Å²) in [5.74, 6) is 0. The van der Waals surface area contributed by atoms with Gasteiger partial charge in [-0.3, -0.25) is 4.79 Å². The average Bonchev–Trinajstić information content (AvgIpc) is 1.64. The van der Waals surface area contributed by atoms with Gasteiger partial charge < -0.3 is 5.11 Å². The highest BCUT2D eigenvalue weighted by atomic mass is 79.9. The summed E-state index contributed by atoms with van der Waals surface area (Å²) in [6, 6.07) is 0. The van der Waals surface area contributed by atoms with Crippen LogP contribution >= 0.6 is 15.9 Å². The number of aliphatic hydroxyl groups is 1. The van der Waals surface area contributed by atoms with Gasteiger partial charge in [0.05, 0.1) is 0 Å². The molecule has 0 aromatic rings. The number of aldehydes is 1. The Morgan fingerprint density at radius 3 is 2.00 bits per heavy atom. The molecule has 0 aliphatic heterocycles. The molecule has 0 radical (unpaired) electrons. The summed E-state index contributed by atoms with van der Waals surface area (Å²) in [6.45, 7) is 0.717. The molecular weight excluding hydrogens is 198 g/mol. The van der Waals surface area contributed by atoms with E-state index in [9.17, 15) is 13.6 Å². The maximum Gasteiger partial charge on any atom is 0.335 e. The van der Waals surface area contributed by atoms with Crippen molar-refractivity contribution < 1.29 is 18.7 Å². The molecule has 2 nitrogen and oxygen atoms in total. The fourth-order valence-corrected chi connectivity index (χ4v) is 0.160. The molecule has 1 unspecified atom stereocenters. The minimum Gasteiger partial charge on any atom is -0.376 e. The third-order valence-corrected chi connectivity index (χ3v) is 1.61. The lowest BCUT2D eigenvalue weighted by molar-refractivity contribution is -0.143. The van der Waals surface area contributed by atoms with E-state index >= 15 is 0 Å². The van der Waals surface area contributed by atoms with Gasteiger partial charge in [-0.25, -0.2) is 0 Å². The first-order chi connectivity index (χ1) is 3.81. The minimum absolute atomic E-state index is 0.220. The number of carbonyl (C=O) groups is 1. The van der Waals surface area contributed by atoms with Crippen molar-refractivity contribution in [3.05, 3.63) is 0 Å². The van der Waals surface area contributed by atoms with Gasteiger partial charge in [0.2, 0.25) is 0 Å². The van der Waals surface area contributed by atoms with Crippen LogP contribution in [-0.4, -0.2) is 21.8 Å². The van der Waals surface area contributed by atoms with E-state index in [4.69, 9.17) is 5.11 Å². The van der Waals surface area contributed by atoms with Gasteiger partial charge >= 0.3 is 4.83 Å². The van der Waals surface area contributed by atoms with E-state index in [1.807, 2.05) is 15.9 Å².